The summed E-state index contributed by atoms with van der Waals surface area (Å²) in [5.41, 5.74) is 6.43. The van der Waals surface area contributed by atoms with Crippen molar-refractivity contribution in [2.45, 2.75) is 22.4 Å². The first-order valence-corrected chi connectivity index (χ1v) is 6.63. The van der Waals surface area contributed by atoms with Gasteiger partial charge in [0.05, 0.1) is 0 Å². The highest BCUT2D eigenvalue weighted by molar-refractivity contribution is 7.99. The van der Waals surface area contributed by atoms with Gasteiger partial charge < -0.3 is 10.8 Å². The molecular formula is C14H14N2O2S. The van der Waals surface area contributed by atoms with Gasteiger partial charge in [0.15, 0.2) is 0 Å². The number of aromatic nitrogens is 1. The number of aliphatic carboxylic acids is 1. The molecule has 1 atom stereocenters. The Labute approximate surface area is 115 Å². The van der Waals surface area contributed by atoms with Crippen LogP contribution in [0.5, 0.6) is 0 Å². The minimum atomic E-state index is -1.00. The topological polar surface area (TPSA) is 76.2 Å². The Hall–Kier alpha value is -1.85. The maximum atomic E-state index is 10.8. The number of hydrogen-bond donors (Lipinski definition) is 2. The summed E-state index contributed by atoms with van der Waals surface area (Å²) in [5, 5.41) is 9.67. The maximum Gasteiger partial charge on any atom is 0.320 e. The van der Waals surface area contributed by atoms with Gasteiger partial charge in [-0.2, -0.15) is 0 Å². The van der Waals surface area contributed by atoms with Gasteiger partial charge in [0.1, 0.15) is 11.1 Å². The van der Waals surface area contributed by atoms with Gasteiger partial charge in [-0.3, -0.25) is 4.79 Å². The molecule has 1 aromatic heterocycles. The van der Waals surface area contributed by atoms with E-state index < -0.39 is 12.0 Å². The maximum absolute atomic E-state index is 10.8. The van der Waals surface area contributed by atoms with E-state index in [-0.39, 0.29) is 6.42 Å². The monoisotopic (exact) mass is 274 g/mol. The van der Waals surface area contributed by atoms with Crippen molar-refractivity contribution < 1.29 is 9.90 Å². The van der Waals surface area contributed by atoms with Crippen LogP contribution >= 0.6 is 11.8 Å². The highest BCUT2D eigenvalue weighted by Gasteiger charge is 2.15. The minimum absolute atomic E-state index is 0.276. The van der Waals surface area contributed by atoms with Crippen LogP contribution in [-0.4, -0.2) is 22.1 Å². The second-order valence-electron chi connectivity index (χ2n) is 4.03. The van der Waals surface area contributed by atoms with E-state index in [1.807, 2.05) is 36.4 Å². The molecule has 4 nitrogen and oxygen atoms in total. The molecular weight excluding hydrogens is 260 g/mol. The first-order valence-electron chi connectivity index (χ1n) is 5.82. The number of nitrogens with two attached hydrogens (primary N) is 1. The molecule has 98 valence electrons. The summed E-state index contributed by atoms with van der Waals surface area (Å²) < 4.78 is 0. The average Bonchev–Trinajstić information content (AvgIpc) is 2.42. The average molecular weight is 274 g/mol. The molecule has 1 heterocycles. The van der Waals surface area contributed by atoms with E-state index in [0.717, 1.165) is 15.5 Å². The molecule has 0 bridgehead atoms. The van der Waals surface area contributed by atoms with Gasteiger partial charge in [0.2, 0.25) is 0 Å². The number of pyridine rings is 1. The van der Waals surface area contributed by atoms with Gasteiger partial charge >= 0.3 is 5.97 Å². The smallest absolute Gasteiger partial charge is 0.320 e. The van der Waals surface area contributed by atoms with Crippen molar-refractivity contribution in [1.82, 2.24) is 4.98 Å². The Morgan fingerprint density at radius 3 is 2.68 bits per heavy atom. The van der Waals surface area contributed by atoms with Crippen LogP contribution in [-0.2, 0) is 11.2 Å². The quantitative estimate of drug-likeness (QED) is 0.874. The van der Waals surface area contributed by atoms with E-state index in [2.05, 4.69) is 4.98 Å². The van der Waals surface area contributed by atoms with Crippen LogP contribution < -0.4 is 5.73 Å². The third kappa shape index (κ3) is 3.81. The zero-order chi connectivity index (χ0) is 13.7. The van der Waals surface area contributed by atoms with E-state index >= 15 is 0 Å². The van der Waals surface area contributed by atoms with Crippen molar-refractivity contribution in [3.8, 4) is 0 Å². The van der Waals surface area contributed by atoms with Crippen molar-refractivity contribution in [3.05, 3.63) is 54.2 Å². The second kappa shape index (κ2) is 6.36. The lowest BCUT2D eigenvalue weighted by Crippen LogP contribution is -2.32. The van der Waals surface area contributed by atoms with E-state index in [1.54, 1.807) is 12.3 Å². The van der Waals surface area contributed by atoms with Gasteiger partial charge in [0, 0.05) is 17.5 Å². The molecule has 2 rings (SSSR count). The number of carboxylic acid groups (broad SMARTS) is 1. The molecule has 0 aliphatic heterocycles. The van der Waals surface area contributed by atoms with Crippen LogP contribution in [0, 0.1) is 0 Å². The van der Waals surface area contributed by atoms with Crippen molar-refractivity contribution in [2.24, 2.45) is 5.73 Å². The lowest BCUT2D eigenvalue weighted by atomic mass is 10.1. The Morgan fingerprint density at radius 2 is 2.00 bits per heavy atom. The van der Waals surface area contributed by atoms with E-state index in [9.17, 15) is 4.79 Å². The molecule has 0 amide bonds. The Bertz CT molecular complexity index is 560. The number of nitrogens with zero attached hydrogens (tertiary/aromatic N) is 1. The Morgan fingerprint density at radius 1 is 1.26 bits per heavy atom. The highest BCUT2D eigenvalue weighted by atomic mass is 32.2. The summed E-state index contributed by atoms with van der Waals surface area (Å²) in [4.78, 5) is 16.2. The SMILES string of the molecule is NC(Cc1cccnc1Sc1ccccc1)C(=O)O. The number of rotatable bonds is 5. The summed E-state index contributed by atoms with van der Waals surface area (Å²) in [6.45, 7) is 0. The van der Waals surface area contributed by atoms with E-state index in [0.29, 0.717) is 0 Å². The largest absolute Gasteiger partial charge is 0.480 e. The molecule has 2 aromatic rings. The van der Waals surface area contributed by atoms with Gasteiger partial charge in [-0.05, 0) is 23.8 Å². The fraction of sp³-hybridized carbons (Fsp3) is 0.143. The first-order chi connectivity index (χ1) is 9.16. The number of hydrogen-bond acceptors (Lipinski definition) is 4. The third-order valence-electron chi connectivity index (χ3n) is 2.56. The summed E-state index contributed by atoms with van der Waals surface area (Å²) in [5.74, 6) is -1.00. The standard InChI is InChI=1S/C14H14N2O2S/c15-12(14(17)18)9-10-5-4-8-16-13(10)19-11-6-2-1-3-7-11/h1-8,12H,9,15H2,(H,17,18). The summed E-state index contributed by atoms with van der Waals surface area (Å²) >= 11 is 1.51. The summed E-state index contributed by atoms with van der Waals surface area (Å²) in [6.07, 6.45) is 1.97. The lowest BCUT2D eigenvalue weighted by Gasteiger charge is -2.10. The third-order valence-corrected chi connectivity index (χ3v) is 3.63. The molecule has 0 radical (unpaired) electrons. The van der Waals surface area contributed by atoms with Gasteiger partial charge in [-0.25, -0.2) is 4.98 Å². The summed E-state index contributed by atoms with van der Waals surface area (Å²) in [6, 6.07) is 12.6. The van der Waals surface area contributed by atoms with Gasteiger partial charge in [-0.15, -0.1) is 0 Å². The fourth-order valence-electron chi connectivity index (χ4n) is 1.60. The molecule has 19 heavy (non-hydrogen) atoms. The van der Waals surface area contributed by atoms with E-state index in [4.69, 9.17) is 10.8 Å². The molecule has 1 aromatic carbocycles. The van der Waals surface area contributed by atoms with Crippen molar-refractivity contribution in [1.29, 1.82) is 0 Å². The van der Waals surface area contributed by atoms with Crippen LogP contribution in [0.25, 0.3) is 0 Å². The predicted octanol–water partition coefficient (Wildman–Crippen LogP) is 2.19. The minimum Gasteiger partial charge on any atom is -0.480 e. The first kappa shape index (κ1) is 13.6. The fourth-order valence-corrected chi connectivity index (χ4v) is 2.51. The Kier molecular flexibility index (Phi) is 4.54. The molecule has 5 heteroatoms. The number of carboxylic acids is 1. The second-order valence-corrected chi connectivity index (χ2v) is 5.09. The Balaban J connectivity index is 2.19. The zero-order valence-corrected chi connectivity index (χ0v) is 11.0. The molecule has 3 N–H and O–H groups in total. The molecule has 0 saturated carbocycles. The van der Waals surface area contributed by atoms with E-state index in [1.165, 1.54) is 11.8 Å². The molecule has 0 spiro atoms. The number of benzene rings is 1. The van der Waals surface area contributed by atoms with Crippen molar-refractivity contribution in [3.63, 3.8) is 0 Å². The molecule has 0 saturated heterocycles. The van der Waals surface area contributed by atoms with Gasteiger partial charge in [0.25, 0.3) is 0 Å². The predicted molar refractivity (Wildman–Crippen MR) is 74.1 cm³/mol. The van der Waals surface area contributed by atoms with Crippen LogP contribution in [0.3, 0.4) is 0 Å². The molecule has 1 unspecified atom stereocenters. The summed E-state index contributed by atoms with van der Waals surface area (Å²) in [7, 11) is 0. The molecule has 0 aliphatic rings. The van der Waals surface area contributed by atoms with Crippen LogP contribution in [0.1, 0.15) is 5.56 Å². The molecule has 0 aliphatic carbocycles. The van der Waals surface area contributed by atoms with Gasteiger partial charge in [-0.1, -0.05) is 36.0 Å². The number of carbonyl (C=O) groups is 1. The van der Waals surface area contributed by atoms with Crippen LogP contribution in [0.2, 0.25) is 0 Å². The lowest BCUT2D eigenvalue weighted by molar-refractivity contribution is -0.138. The van der Waals surface area contributed by atoms with Crippen LogP contribution in [0.4, 0.5) is 0 Å². The molecule has 0 fully saturated rings. The normalized spacial score (nSPS) is 12.1. The van der Waals surface area contributed by atoms with Crippen molar-refractivity contribution >= 4 is 17.7 Å². The zero-order valence-electron chi connectivity index (χ0n) is 10.2. The van der Waals surface area contributed by atoms with Crippen molar-refractivity contribution in [2.75, 3.05) is 0 Å². The van der Waals surface area contributed by atoms with Crippen LogP contribution in [0.15, 0.2) is 58.6 Å². The highest BCUT2D eigenvalue weighted by Crippen LogP contribution is 2.28.